The molecule has 0 bridgehead atoms. The number of hydrogen-bond acceptors (Lipinski definition) is 7. The van der Waals surface area contributed by atoms with Crippen molar-refractivity contribution >= 4 is 28.4 Å². The van der Waals surface area contributed by atoms with E-state index in [9.17, 15) is 4.79 Å². The summed E-state index contributed by atoms with van der Waals surface area (Å²) in [6.07, 6.45) is 0. The smallest absolute Gasteiger partial charge is 0.262 e. The third-order valence-electron chi connectivity index (χ3n) is 5.22. The predicted molar refractivity (Wildman–Crippen MR) is 119 cm³/mol. The topological polar surface area (TPSA) is 91.1 Å². The zero-order valence-corrected chi connectivity index (χ0v) is 18.1. The van der Waals surface area contributed by atoms with Crippen LogP contribution in [0.5, 0.6) is 0 Å². The molecule has 0 fully saturated rings. The van der Waals surface area contributed by atoms with Crippen molar-refractivity contribution in [2.24, 2.45) is 7.05 Å². The van der Waals surface area contributed by atoms with Crippen LogP contribution in [0.4, 0.5) is 0 Å². The average Bonchev–Trinajstić information content (AvgIpc) is 3.43. The molecule has 0 amide bonds. The summed E-state index contributed by atoms with van der Waals surface area (Å²) in [7, 11) is 1.70. The first-order valence-corrected chi connectivity index (χ1v) is 10.9. The maximum atomic E-state index is 12.6. The monoisotopic (exact) mass is 432 g/mol. The van der Waals surface area contributed by atoms with E-state index >= 15 is 0 Å². The van der Waals surface area contributed by atoms with Gasteiger partial charge in [0.1, 0.15) is 0 Å². The van der Waals surface area contributed by atoms with Crippen molar-refractivity contribution in [2.75, 3.05) is 0 Å². The lowest BCUT2D eigenvalue weighted by Gasteiger charge is -2.06. The molecule has 0 aliphatic rings. The number of benzene rings is 2. The third-order valence-corrected chi connectivity index (χ3v) is 6.14. The van der Waals surface area contributed by atoms with E-state index < -0.39 is 0 Å². The summed E-state index contributed by atoms with van der Waals surface area (Å²) in [6, 6.07) is 15.6. The average molecular weight is 433 g/mol. The van der Waals surface area contributed by atoms with Crippen LogP contribution in [0, 0.1) is 0 Å². The molecule has 0 aliphatic carbocycles. The molecule has 0 saturated heterocycles. The predicted octanol–water partition coefficient (Wildman–Crippen LogP) is 4.05. The van der Waals surface area contributed by atoms with Crippen LogP contribution in [0.2, 0.25) is 0 Å². The van der Waals surface area contributed by atoms with Crippen LogP contribution in [0.25, 0.3) is 28.1 Å². The van der Waals surface area contributed by atoms with Gasteiger partial charge in [-0.15, -0.1) is 10.2 Å². The Morgan fingerprint density at radius 2 is 1.84 bits per heavy atom. The SMILES string of the molecule is CC(C)c1ccc(-c2noc(CSc3nnc4n(C)c(=O)c5ccccc5n34)n2)cc1. The Morgan fingerprint density at radius 3 is 2.61 bits per heavy atom. The van der Waals surface area contributed by atoms with Crippen molar-refractivity contribution in [1.82, 2.24) is 29.3 Å². The van der Waals surface area contributed by atoms with Crippen LogP contribution in [0.3, 0.4) is 0 Å². The second-order valence-electron chi connectivity index (χ2n) is 7.58. The Bertz CT molecular complexity index is 1450. The van der Waals surface area contributed by atoms with Gasteiger partial charge in [0.25, 0.3) is 5.56 Å². The largest absolute Gasteiger partial charge is 0.338 e. The second-order valence-corrected chi connectivity index (χ2v) is 8.52. The normalized spacial score (nSPS) is 11.7. The van der Waals surface area contributed by atoms with E-state index in [1.807, 2.05) is 34.7 Å². The van der Waals surface area contributed by atoms with E-state index in [1.54, 1.807) is 13.1 Å². The second kappa shape index (κ2) is 7.66. The Hall–Kier alpha value is -3.46. The van der Waals surface area contributed by atoms with Crippen LogP contribution in [0.1, 0.15) is 31.2 Å². The molecule has 156 valence electrons. The molecule has 3 heterocycles. The Balaban J connectivity index is 1.43. The minimum Gasteiger partial charge on any atom is -0.338 e. The van der Waals surface area contributed by atoms with Crippen molar-refractivity contribution in [2.45, 2.75) is 30.7 Å². The van der Waals surface area contributed by atoms with E-state index in [1.165, 1.54) is 21.9 Å². The molecule has 0 aliphatic heterocycles. The molecule has 5 rings (SSSR count). The molecule has 0 spiro atoms. The van der Waals surface area contributed by atoms with Gasteiger partial charge in [-0.05, 0) is 23.6 Å². The van der Waals surface area contributed by atoms with E-state index in [-0.39, 0.29) is 5.56 Å². The summed E-state index contributed by atoms with van der Waals surface area (Å²) in [4.78, 5) is 17.1. The molecule has 3 aromatic heterocycles. The highest BCUT2D eigenvalue weighted by molar-refractivity contribution is 7.98. The summed E-state index contributed by atoms with van der Waals surface area (Å²) < 4.78 is 8.83. The van der Waals surface area contributed by atoms with Crippen molar-refractivity contribution in [3.63, 3.8) is 0 Å². The Labute approximate surface area is 181 Å². The summed E-state index contributed by atoms with van der Waals surface area (Å²) in [5.41, 5.74) is 2.85. The summed E-state index contributed by atoms with van der Waals surface area (Å²) in [6.45, 7) is 4.32. The Morgan fingerprint density at radius 1 is 1.06 bits per heavy atom. The van der Waals surface area contributed by atoms with Crippen LogP contribution in [-0.4, -0.2) is 29.3 Å². The first-order valence-electron chi connectivity index (χ1n) is 9.91. The lowest BCUT2D eigenvalue weighted by molar-refractivity contribution is 0.391. The lowest BCUT2D eigenvalue weighted by atomic mass is 10.0. The first-order chi connectivity index (χ1) is 15.0. The summed E-state index contributed by atoms with van der Waals surface area (Å²) in [5, 5.41) is 13.9. The van der Waals surface area contributed by atoms with E-state index in [0.717, 1.165) is 11.1 Å². The molecule has 9 heteroatoms. The van der Waals surface area contributed by atoms with Crippen molar-refractivity contribution in [3.05, 3.63) is 70.3 Å². The molecular weight excluding hydrogens is 412 g/mol. The molecule has 2 aromatic carbocycles. The molecule has 8 nitrogen and oxygen atoms in total. The van der Waals surface area contributed by atoms with Gasteiger partial charge in [0.2, 0.25) is 17.5 Å². The van der Waals surface area contributed by atoms with Gasteiger partial charge >= 0.3 is 0 Å². The summed E-state index contributed by atoms with van der Waals surface area (Å²) in [5.74, 6) is 2.46. The van der Waals surface area contributed by atoms with Crippen LogP contribution in [-0.2, 0) is 12.8 Å². The van der Waals surface area contributed by atoms with E-state index in [4.69, 9.17) is 4.52 Å². The number of fused-ring (bicyclic) bond motifs is 3. The first kappa shape index (κ1) is 19.5. The molecule has 31 heavy (non-hydrogen) atoms. The molecule has 0 N–H and O–H groups in total. The van der Waals surface area contributed by atoms with Gasteiger partial charge < -0.3 is 4.52 Å². The molecule has 0 unspecified atom stereocenters. The van der Waals surface area contributed by atoms with Crippen molar-refractivity contribution < 1.29 is 4.52 Å². The maximum absolute atomic E-state index is 12.6. The van der Waals surface area contributed by atoms with Gasteiger partial charge in [0.05, 0.1) is 16.7 Å². The number of nitrogens with zero attached hydrogens (tertiary/aromatic N) is 6. The fraction of sp³-hybridized carbons (Fsp3) is 0.227. The molecular formula is C22H20N6O2S. The highest BCUT2D eigenvalue weighted by Crippen LogP contribution is 2.25. The molecule has 0 saturated carbocycles. The summed E-state index contributed by atoms with van der Waals surface area (Å²) >= 11 is 1.43. The lowest BCUT2D eigenvalue weighted by Crippen LogP contribution is -2.20. The van der Waals surface area contributed by atoms with Crippen LogP contribution < -0.4 is 5.56 Å². The Kier molecular flexibility index (Phi) is 4.82. The fourth-order valence-corrected chi connectivity index (χ4v) is 4.26. The molecule has 0 atom stereocenters. The zero-order chi connectivity index (χ0) is 21.5. The number of para-hydroxylation sites is 1. The van der Waals surface area contributed by atoms with Crippen molar-refractivity contribution in [3.8, 4) is 11.4 Å². The minimum atomic E-state index is -0.0999. The molecule has 0 radical (unpaired) electrons. The van der Waals surface area contributed by atoms with Gasteiger partial charge in [0, 0.05) is 12.6 Å². The van der Waals surface area contributed by atoms with Gasteiger partial charge in [0.15, 0.2) is 5.16 Å². The minimum absolute atomic E-state index is 0.0999. The van der Waals surface area contributed by atoms with Crippen molar-refractivity contribution in [1.29, 1.82) is 0 Å². The molecule has 5 aromatic rings. The third kappa shape index (κ3) is 3.40. The van der Waals surface area contributed by atoms with Crippen LogP contribution in [0.15, 0.2) is 63.0 Å². The number of thioether (sulfide) groups is 1. The van der Waals surface area contributed by atoms with Gasteiger partial charge in [-0.2, -0.15) is 4.98 Å². The van der Waals surface area contributed by atoms with Gasteiger partial charge in [-0.3, -0.25) is 13.8 Å². The van der Waals surface area contributed by atoms with Gasteiger partial charge in [-0.1, -0.05) is 67.2 Å². The van der Waals surface area contributed by atoms with E-state index in [2.05, 4.69) is 46.3 Å². The zero-order valence-electron chi connectivity index (χ0n) is 17.3. The quantitative estimate of drug-likeness (QED) is 0.387. The standard InChI is InChI=1S/C22H20N6O2S/c1-13(2)14-8-10-15(11-9-14)19-23-18(30-26-19)12-31-22-25-24-21-27(3)20(29)16-6-4-5-7-17(16)28(21)22/h4-11,13H,12H2,1-3H3. The van der Waals surface area contributed by atoms with Crippen LogP contribution >= 0.6 is 11.8 Å². The highest BCUT2D eigenvalue weighted by Gasteiger charge is 2.16. The van der Waals surface area contributed by atoms with E-state index in [0.29, 0.717) is 39.7 Å². The van der Waals surface area contributed by atoms with Gasteiger partial charge in [-0.25, -0.2) is 0 Å². The fourth-order valence-electron chi connectivity index (χ4n) is 3.48. The maximum Gasteiger partial charge on any atom is 0.262 e. The highest BCUT2D eigenvalue weighted by atomic mass is 32.2. The number of aryl methyl sites for hydroxylation is 1. The number of hydrogen-bond donors (Lipinski definition) is 0. The number of rotatable bonds is 5. The number of aromatic nitrogens is 6.